The van der Waals surface area contributed by atoms with Crippen molar-refractivity contribution in [1.82, 2.24) is 19.8 Å². The lowest BCUT2D eigenvalue weighted by Gasteiger charge is -2.43. The third-order valence-electron chi connectivity index (χ3n) is 10.3. The fourth-order valence-corrected chi connectivity index (χ4v) is 8.80. The molecular formula is C36H51ClN7O2P. The van der Waals surface area contributed by atoms with Crippen molar-refractivity contribution in [2.75, 3.05) is 82.3 Å². The Morgan fingerprint density at radius 2 is 1.68 bits per heavy atom. The molecular weight excluding hydrogens is 629 g/mol. The van der Waals surface area contributed by atoms with Crippen LogP contribution in [0.3, 0.4) is 0 Å². The van der Waals surface area contributed by atoms with E-state index in [1.165, 1.54) is 68.4 Å². The van der Waals surface area contributed by atoms with Crippen LogP contribution in [0.4, 0.5) is 28.8 Å². The Hall–Kier alpha value is -2.84. The Labute approximate surface area is 285 Å². The van der Waals surface area contributed by atoms with Gasteiger partial charge in [0.05, 0.1) is 24.7 Å². The first-order chi connectivity index (χ1) is 22.6. The highest BCUT2D eigenvalue weighted by Gasteiger charge is 2.28. The summed E-state index contributed by atoms with van der Waals surface area (Å²) in [5, 5.41) is 7.99. The van der Waals surface area contributed by atoms with E-state index in [4.69, 9.17) is 21.3 Å². The van der Waals surface area contributed by atoms with Crippen LogP contribution in [0.1, 0.15) is 62.5 Å². The smallest absolute Gasteiger partial charge is 0.229 e. The van der Waals surface area contributed by atoms with Crippen molar-refractivity contribution in [2.24, 2.45) is 0 Å². The number of benzene rings is 2. The van der Waals surface area contributed by atoms with Crippen LogP contribution in [-0.2, 0) is 11.0 Å². The van der Waals surface area contributed by atoms with E-state index in [0.717, 1.165) is 55.0 Å². The molecule has 254 valence electrons. The minimum atomic E-state index is -2.58. The molecule has 0 radical (unpaired) electrons. The Bertz CT molecular complexity index is 1590. The molecule has 9 nitrogen and oxygen atoms in total. The average molecular weight is 680 g/mol. The van der Waals surface area contributed by atoms with Crippen LogP contribution in [0.15, 0.2) is 36.5 Å². The Balaban J connectivity index is 1.20. The number of rotatable bonds is 10. The van der Waals surface area contributed by atoms with Crippen LogP contribution in [-0.4, -0.2) is 92.6 Å². The number of hydrogen-bond donors (Lipinski definition) is 2. The second-order valence-electron chi connectivity index (χ2n) is 13.8. The lowest BCUT2D eigenvalue weighted by Crippen LogP contribution is -2.52. The lowest BCUT2D eigenvalue weighted by atomic mass is 9.97. The van der Waals surface area contributed by atoms with E-state index < -0.39 is 7.14 Å². The molecule has 0 unspecified atom stereocenters. The molecule has 2 N–H and O–H groups in total. The number of likely N-dealkylation sites (N-methyl/N-ethyl adjacent to an activating group) is 1. The number of aryl methyl sites for hydroxylation is 1. The van der Waals surface area contributed by atoms with E-state index in [1.54, 1.807) is 13.3 Å². The van der Waals surface area contributed by atoms with Crippen molar-refractivity contribution in [3.05, 3.63) is 52.7 Å². The summed E-state index contributed by atoms with van der Waals surface area (Å²) in [6.45, 7) is 12.6. The van der Waals surface area contributed by atoms with Crippen molar-refractivity contribution in [3.63, 3.8) is 0 Å². The predicted molar refractivity (Wildman–Crippen MR) is 197 cm³/mol. The minimum absolute atomic E-state index is 0.389. The van der Waals surface area contributed by atoms with E-state index in [-0.39, 0.29) is 0 Å². The topological polar surface area (TPSA) is 85.9 Å². The van der Waals surface area contributed by atoms with Crippen molar-refractivity contribution in [2.45, 2.75) is 63.8 Å². The molecule has 1 saturated carbocycles. The van der Waals surface area contributed by atoms with Gasteiger partial charge in [-0.1, -0.05) is 37.4 Å². The third-order valence-corrected chi connectivity index (χ3v) is 12.1. The number of piperidine rings is 1. The number of nitrogens with zero attached hydrogens (tertiary/aromatic N) is 5. The first-order valence-electron chi connectivity index (χ1n) is 17.3. The molecule has 11 heteroatoms. The van der Waals surface area contributed by atoms with Gasteiger partial charge in [-0.15, -0.1) is 0 Å². The maximum Gasteiger partial charge on any atom is 0.229 e. The third kappa shape index (κ3) is 7.91. The number of piperazine rings is 1. The summed E-state index contributed by atoms with van der Waals surface area (Å²) in [4.78, 5) is 16.9. The molecule has 2 saturated heterocycles. The maximum atomic E-state index is 13.4. The molecule has 3 fully saturated rings. The predicted octanol–water partition coefficient (Wildman–Crippen LogP) is 7.31. The monoisotopic (exact) mass is 679 g/mol. The molecule has 1 aromatic heterocycles. The summed E-state index contributed by atoms with van der Waals surface area (Å²) >= 11 is 6.61. The quantitative estimate of drug-likeness (QED) is 0.214. The number of aromatic nitrogens is 2. The van der Waals surface area contributed by atoms with E-state index in [2.05, 4.69) is 68.6 Å². The summed E-state index contributed by atoms with van der Waals surface area (Å²) < 4.78 is 19.3. The summed E-state index contributed by atoms with van der Waals surface area (Å²) in [7, 11) is 1.34. The second-order valence-corrected chi connectivity index (χ2v) is 17.4. The van der Waals surface area contributed by atoms with Gasteiger partial charge in [0.1, 0.15) is 17.9 Å². The maximum absolute atomic E-state index is 13.4. The standard InChI is InChI=1S/C36H51ClN7O2P/c1-6-25-21-31(33(46-3)23-32(25)44-15-13-28(14-16-44)43-19-17-42(2)18-20-43)40-36-38-24-29(37)35(41-36)39-30-12-11-27(26-9-7-8-10-26)22-34(30)47(4,5)45/h11-12,21-24,26,28H,6-10,13-20H2,1-5H3,(H2,38,39,40,41). The molecule has 2 aliphatic heterocycles. The molecule has 47 heavy (non-hydrogen) atoms. The van der Waals surface area contributed by atoms with E-state index >= 15 is 0 Å². The van der Waals surface area contributed by atoms with E-state index in [0.29, 0.717) is 28.7 Å². The summed E-state index contributed by atoms with van der Waals surface area (Å²) in [6.07, 6.45) is 9.74. The van der Waals surface area contributed by atoms with Crippen LogP contribution in [0, 0.1) is 0 Å². The van der Waals surface area contributed by atoms with Crippen molar-refractivity contribution in [3.8, 4) is 5.75 Å². The van der Waals surface area contributed by atoms with Crippen LogP contribution in [0.5, 0.6) is 5.75 Å². The first-order valence-corrected chi connectivity index (χ1v) is 20.3. The summed E-state index contributed by atoms with van der Waals surface area (Å²) in [5.41, 5.74) is 5.33. The summed E-state index contributed by atoms with van der Waals surface area (Å²) in [5.74, 6) is 2.14. The van der Waals surface area contributed by atoms with Gasteiger partial charge in [0.15, 0.2) is 5.82 Å². The zero-order valence-electron chi connectivity index (χ0n) is 28.7. The largest absolute Gasteiger partial charge is 0.494 e. The van der Waals surface area contributed by atoms with Gasteiger partial charge in [0, 0.05) is 62.4 Å². The van der Waals surface area contributed by atoms with Gasteiger partial charge < -0.3 is 29.7 Å². The molecule has 0 bridgehead atoms. The van der Waals surface area contributed by atoms with Crippen LogP contribution >= 0.6 is 18.7 Å². The van der Waals surface area contributed by atoms with Crippen LogP contribution in [0.2, 0.25) is 5.02 Å². The zero-order valence-corrected chi connectivity index (χ0v) is 30.3. The number of halogens is 1. The number of anilines is 5. The van der Waals surface area contributed by atoms with Crippen LogP contribution in [0.25, 0.3) is 0 Å². The van der Waals surface area contributed by atoms with Crippen LogP contribution < -0.4 is 25.6 Å². The molecule has 6 rings (SSSR count). The molecule has 3 aliphatic rings. The molecule has 1 aliphatic carbocycles. The van der Waals surface area contributed by atoms with Gasteiger partial charge in [-0.25, -0.2) is 4.98 Å². The van der Waals surface area contributed by atoms with Gasteiger partial charge in [-0.2, -0.15) is 4.98 Å². The van der Waals surface area contributed by atoms with Gasteiger partial charge in [-0.3, -0.25) is 4.90 Å². The Morgan fingerprint density at radius 1 is 0.957 bits per heavy atom. The first kappa shape index (κ1) is 34.0. The SMILES string of the molecule is CCc1cc(Nc2ncc(Cl)c(Nc3ccc(C4CCCC4)cc3P(C)(C)=O)n2)c(OC)cc1N1CCC(N2CCN(C)CC2)CC1. The van der Waals surface area contributed by atoms with Crippen molar-refractivity contribution >= 4 is 52.9 Å². The van der Waals surface area contributed by atoms with Crippen molar-refractivity contribution in [1.29, 1.82) is 0 Å². The highest BCUT2D eigenvalue weighted by atomic mass is 35.5. The van der Waals surface area contributed by atoms with Gasteiger partial charge in [-0.05, 0) is 87.7 Å². The summed E-state index contributed by atoms with van der Waals surface area (Å²) in [6, 6.07) is 11.3. The van der Waals surface area contributed by atoms with Gasteiger partial charge >= 0.3 is 0 Å². The zero-order chi connectivity index (χ0) is 33.1. The molecule has 3 aromatic rings. The van der Waals surface area contributed by atoms with E-state index in [9.17, 15) is 4.57 Å². The fraction of sp³-hybridized carbons (Fsp3) is 0.556. The molecule has 3 heterocycles. The Kier molecular flexibility index (Phi) is 10.7. The second kappa shape index (κ2) is 14.7. The molecule has 0 amide bonds. The lowest BCUT2D eigenvalue weighted by molar-refractivity contribution is 0.0982. The number of ether oxygens (including phenoxy) is 1. The van der Waals surface area contributed by atoms with E-state index in [1.807, 2.05) is 19.4 Å². The Morgan fingerprint density at radius 3 is 2.34 bits per heavy atom. The molecule has 2 aromatic carbocycles. The molecule has 0 atom stereocenters. The fourth-order valence-electron chi connectivity index (χ4n) is 7.49. The highest BCUT2D eigenvalue weighted by Crippen LogP contribution is 2.42. The number of methoxy groups -OCH3 is 1. The van der Waals surface area contributed by atoms with Gasteiger partial charge in [0.2, 0.25) is 5.95 Å². The normalized spacial score (nSPS) is 18.9. The molecule has 0 spiro atoms. The highest BCUT2D eigenvalue weighted by molar-refractivity contribution is 7.70. The minimum Gasteiger partial charge on any atom is -0.494 e. The number of hydrogen-bond acceptors (Lipinski definition) is 9. The average Bonchev–Trinajstić information content (AvgIpc) is 3.61. The van der Waals surface area contributed by atoms with Gasteiger partial charge in [0.25, 0.3) is 0 Å². The number of nitrogens with one attached hydrogen (secondary N) is 2. The van der Waals surface area contributed by atoms with Crippen molar-refractivity contribution < 1.29 is 9.30 Å².